The molecular formula is C18H15ClO2. The molecule has 0 amide bonds. The molecule has 21 heavy (non-hydrogen) atoms. The van der Waals surface area contributed by atoms with Crippen LogP contribution in [0, 0.1) is 0 Å². The van der Waals surface area contributed by atoms with E-state index in [0.717, 1.165) is 27.6 Å². The van der Waals surface area contributed by atoms with Crippen molar-refractivity contribution in [2.45, 2.75) is 6.10 Å². The zero-order chi connectivity index (χ0) is 14.8. The molecule has 0 aliphatic carbocycles. The molecule has 3 rings (SSSR count). The molecule has 0 bridgehead atoms. The number of fused-ring (bicyclic) bond motifs is 1. The fraction of sp³-hybridized carbons (Fsp3) is 0.111. The normalized spacial score (nSPS) is 12.3. The molecule has 1 unspecified atom stereocenters. The number of methoxy groups -OCH3 is 1. The third-order valence-corrected chi connectivity index (χ3v) is 3.79. The number of rotatable bonds is 3. The summed E-state index contributed by atoms with van der Waals surface area (Å²) < 4.78 is 5.22. The molecule has 0 saturated carbocycles. The van der Waals surface area contributed by atoms with Crippen LogP contribution in [0.1, 0.15) is 17.2 Å². The van der Waals surface area contributed by atoms with E-state index in [1.54, 1.807) is 19.2 Å². The van der Waals surface area contributed by atoms with Gasteiger partial charge < -0.3 is 9.84 Å². The summed E-state index contributed by atoms with van der Waals surface area (Å²) >= 11 is 5.98. The maximum absolute atomic E-state index is 10.5. The second-order valence-electron chi connectivity index (χ2n) is 4.93. The van der Waals surface area contributed by atoms with Crippen molar-refractivity contribution >= 4 is 22.4 Å². The summed E-state index contributed by atoms with van der Waals surface area (Å²) in [6.07, 6.45) is -0.685. The Labute approximate surface area is 128 Å². The van der Waals surface area contributed by atoms with Crippen molar-refractivity contribution < 1.29 is 9.84 Å². The number of ether oxygens (including phenoxy) is 1. The third kappa shape index (κ3) is 2.87. The molecule has 0 spiro atoms. The van der Waals surface area contributed by atoms with Crippen LogP contribution in [0.4, 0.5) is 0 Å². The first-order valence-electron chi connectivity index (χ1n) is 6.68. The van der Waals surface area contributed by atoms with E-state index in [9.17, 15) is 5.11 Å². The molecular weight excluding hydrogens is 284 g/mol. The van der Waals surface area contributed by atoms with E-state index >= 15 is 0 Å². The average Bonchev–Trinajstić information content (AvgIpc) is 2.53. The van der Waals surface area contributed by atoms with Crippen LogP contribution < -0.4 is 4.74 Å². The standard InChI is InChI=1S/C18H15ClO2/c1-21-17-8-7-12-9-15(6-5-13(12)11-17)18(20)14-3-2-4-16(19)10-14/h2-11,18,20H,1H3. The number of hydrogen-bond acceptors (Lipinski definition) is 2. The maximum atomic E-state index is 10.5. The van der Waals surface area contributed by atoms with Crippen molar-refractivity contribution in [1.29, 1.82) is 0 Å². The van der Waals surface area contributed by atoms with Crippen LogP contribution in [0.25, 0.3) is 10.8 Å². The number of halogens is 1. The lowest BCUT2D eigenvalue weighted by molar-refractivity contribution is 0.220. The Morgan fingerprint density at radius 3 is 2.38 bits per heavy atom. The fourth-order valence-corrected chi connectivity index (χ4v) is 2.61. The Bertz CT molecular complexity index is 783. The highest BCUT2D eigenvalue weighted by atomic mass is 35.5. The van der Waals surface area contributed by atoms with Crippen LogP contribution in [0.3, 0.4) is 0 Å². The van der Waals surface area contributed by atoms with E-state index in [-0.39, 0.29) is 0 Å². The molecule has 3 aromatic carbocycles. The molecule has 0 aromatic heterocycles. The first kappa shape index (κ1) is 13.9. The number of benzene rings is 3. The van der Waals surface area contributed by atoms with Crippen LogP contribution in [0.5, 0.6) is 5.75 Å². The van der Waals surface area contributed by atoms with Gasteiger partial charge in [-0.05, 0) is 52.2 Å². The summed E-state index contributed by atoms with van der Waals surface area (Å²) in [5, 5.41) is 13.3. The number of aliphatic hydroxyl groups excluding tert-OH is 1. The van der Waals surface area contributed by atoms with Crippen LogP contribution in [-0.4, -0.2) is 12.2 Å². The fourth-order valence-electron chi connectivity index (χ4n) is 2.41. The monoisotopic (exact) mass is 298 g/mol. The first-order chi connectivity index (χ1) is 10.2. The summed E-state index contributed by atoms with van der Waals surface area (Å²) in [4.78, 5) is 0. The molecule has 1 atom stereocenters. The average molecular weight is 299 g/mol. The van der Waals surface area contributed by atoms with Crippen molar-refractivity contribution in [3.8, 4) is 5.75 Å². The van der Waals surface area contributed by atoms with Gasteiger partial charge in [0.15, 0.2) is 0 Å². The van der Waals surface area contributed by atoms with Gasteiger partial charge in [0, 0.05) is 5.02 Å². The van der Waals surface area contributed by atoms with Crippen molar-refractivity contribution in [3.63, 3.8) is 0 Å². The van der Waals surface area contributed by atoms with E-state index in [1.807, 2.05) is 48.5 Å². The predicted molar refractivity (Wildman–Crippen MR) is 86.0 cm³/mol. The van der Waals surface area contributed by atoms with E-state index in [1.165, 1.54) is 0 Å². The minimum atomic E-state index is -0.685. The Hall–Kier alpha value is -2.03. The van der Waals surface area contributed by atoms with Crippen molar-refractivity contribution in [3.05, 3.63) is 76.8 Å². The van der Waals surface area contributed by atoms with Gasteiger partial charge in [-0.15, -0.1) is 0 Å². The molecule has 0 heterocycles. The van der Waals surface area contributed by atoms with E-state index < -0.39 is 6.10 Å². The van der Waals surface area contributed by atoms with Gasteiger partial charge in [0.05, 0.1) is 7.11 Å². The summed E-state index contributed by atoms with van der Waals surface area (Å²) in [5.74, 6) is 0.825. The third-order valence-electron chi connectivity index (χ3n) is 3.55. The van der Waals surface area contributed by atoms with Crippen molar-refractivity contribution in [2.75, 3.05) is 7.11 Å². The molecule has 2 nitrogen and oxygen atoms in total. The summed E-state index contributed by atoms with van der Waals surface area (Å²) in [7, 11) is 1.65. The summed E-state index contributed by atoms with van der Waals surface area (Å²) in [5.41, 5.74) is 1.63. The van der Waals surface area contributed by atoms with Crippen LogP contribution in [0.15, 0.2) is 60.7 Å². The van der Waals surface area contributed by atoms with Crippen LogP contribution in [-0.2, 0) is 0 Å². The van der Waals surface area contributed by atoms with Gasteiger partial charge in [0.1, 0.15) is 11.9 Å². The van der Waals surface area contributed by atoms with Crippen LogP contribution >= 0.6 is 11.6 Å². The van der Waals surface area contributed by atoms with Gasteiger partial charge in [-0.2, -0.15) is 0 Å². The van der Waals surface area contributed by atoms with Gasteiger partial charge >= 0.3 is 0 Å². The Morgan fingerprint density at radius 1 is 0.905 bits per heavy atom. The van der Waals surface area contributed by atoms with Crippen molar-refractivity contribution in [1.82, 2.24) is 0 Å². The lowest BCUT2D eigenvalue weighted by atomic mass is 9.98. The van der Waals surface area contributed by atoms with Gasteiger partial charge in [-0.3, -0.25) is 0 Å². The molecule has 0 aliphatic rings. The second-order valence-corrected chi connectivity index (χ2v) is 5.37. The molecule has 0 radical (unpaired) electrons. The minimum Gasteiger partial charge on any atom is -0.497 e. The maximum Gasteiger partial charge on any atom is 0.119 e. The largest absolute Gasteiger partial charge is 0.497 e. The zero-order valence-corrected chi connectivity index (χ0v) is 12.3. The lowest BCUT2D eigenvalue weighted by Crippen LogP contribution is -1.99. The lowest BCUT2D eigenvalue weighted by Gasteiger charge is -2.13. The molecule has 3 aromatic rings. The zero-order valence-electron chi connectivity index (χ0n) is 11.6. The number of aliphatic hydroxyl groups is 1. The molecule has 0 fully saturated rings. The Kier molecular flexibility index (Phi) is 3.82. The highest BCUT2D eigenvalue weighted by Gasteiger charge is 2.11. The van der Waals surface area contributed by atoms with Gasteiger partial charge in [-0.25, -0.2) is 0 Å². The highest BCUT2D eigenvalue weighted by molar-refractivity contribution is 6.30. The molecule has 106 valence electrons. The summed E-state index contributed by atoms with van der Waals surface area (Å²) in [6, 6.07) is 19.1. The quantitative estimate of drug-likeness (QED) is 0.766. The summed E-state index contributed by atoms with van der Waals surface area (Å²) in [6.45, 7) is 0. The van der Waals surface area contributed by atoms with Crippen LogP contribution in [0.2, 0.25) is 5.02 Å². The van der Waals surface area contributed by atoms with Gasteiger partial charge in [0.25, 0.3) is 0 Å². The first-order valence-corrected chi connectivity index (χ1v) is 7.06. The van der Waals surface area contributed by atoms with Gasteiger partial charge in [-0.1, -0.05) is 41.9 Å². The predicted octanol–water partition coefficient (Wildman–Crippen LogP) is 4.58. The smallest absolute Gasteiger partial charge is 0.119 e. The van der Waals surface area contributed by atoms with E-state index in [2.05, 4.69) is 0 Å². The van der Waals surface area contributed by atoms with Crippen molar-refractivity contribution in [2.24, 2.45) is 0 Å². The molecule has 3 heteroatoms. The molecule has 0 aliphatic heterocycles. The molecule has 1 N–H and O–H groups in total. The van der Waals surface area contributed by atoms with E-state index in [4.69, 9.17) is 16.3 Å². The SMILES string of the molecule is COc1ccc2cc(C(O)c3cccc(Cl)c3)ccc2c1. The minimum absolute atomic E-state index is 0.622. The molecule has 0 saturated heterocycles. The number of hydrogen-bond donors (Lipinski definition) is 1. The van der Waals surface area contributed by atoms with E-state index in [0.29, 0.717) is 5.02 Å². The Balaban J connectivity index is 2.00. The topological polar surface area (TPSA) is 29.5 Å². The van der Waals surface area contributed by atoms with Gasteiger partial charge in [0.2, 0.25) is 0 Å². The second kappa shape index (κ2) is 5.76. The Morgan fingerprint density at radius 2 is 1.62 bits per heavy atom. The highest BCUT2D eigenvalue weighted by Crippen LogP contribution is 2.28.